The second-order valence-corrected chi connectivity index (χ2v) is 6.20. The van der Waals surface area contributed by atoms with Crippen molar-refractivity contribution < 1.29 is 14.7 Å². The fourth-order valence-electron chi connectivity index (χ4n) is 2.32. The van der Waals surface area contributed by atoms with Crippen molar-refractivity contribution in [3.63, 3.8) is 0 Å². The Balaban J connectivity index is 2.01. The predicted molar refractivity (Wildman–Crippen MR) is 98.5 cm³/mol. The molecule has 132 valence electrons. The highest BCUT2D eigenvalue weighted by Crippen LogP contribution is 2.18. The number of hydrogen-bond acceptors (Lipinski definition) is 3. The van der Waals surface area contributed by atoms with Gasteiger partial charge in [0.2, 0.25) is 5.91 Å². The number of hydrogen-bond donors (Lipinski definition) is 3. The van der Waals surface area contributed by atoms with E-state index in [2.05, 4.69) is 10.6 Å². The van der Waals surface area contributed by atoms with Crippen LogP contribution >= 0.6 is 0 Å². The predicted octanol–water partition coefficient (Wildman–Crippen LogP) is 3.62. The molecular formula is C20H24N2O3. The topological polar surface area (TPSA) is 78.4 Å². The van der Waals surface area contributed by atoms with Crippen LogP contribution in [0.2, 0.25) is 0 Å². The van der Waals surface area contributed by atoms with Gasteiger partial charge in [-0.3, -0.25) is 9.59 Å². The Morgan fingerprint density at radius 2 is 1.92 bits per heavy atom. The number of benzene rings is 2. The zero-order valence-corrected chi connectivity index (χ0v) is 14.8. The molecule has 1 atom stereocenters. The van der Waals surface area contributed by atoms with Gasteiger partial charge in [-0.15, -0.1) is 0 Å². The van der Waals surface area contributed by atoms with Gasteiger partial charge in [0.05, 0.1) is 5.56 Å². The van der Waals surface area contributed by atoms with Crippen molar-refractivity contribution in [3.05, 3.63) is 59.2 Å². The van der Waals surface area contributed by atoms with Crippen LogP contribution in [0.3, 0.4) is 0 Å². The van der Waals surface area contributed by atoms with Gasteiger partial charge < -0.3 is 15.7 Å². The molecule has 0 saturated heterocycles. The van der Waals surface area contributed by atoms with E-state index >= 15 is 0 Å². The van der Waals surface area contributed by atoms with Crippen molar-refractivity contribution in [1.82, 2.24) is 5.32 Å². The lowest BCUT2D eigenvalue weighted by Gasteiger charge is -2.12. The zero-order chi connectivity index (χ0) is 18.4. The second kappa shape index (κ2) is 8.33. The Morgan fingerprint density at radius 1 is 1.16 bits per heavy atom. The lowest BCUT2D eigenvalue weighted by Crippen LogP contribution is -2.23. The van der Waals surface area contributed by atoms with E-state index in [1.807, 2.05) is 45.0 Å². The van der Waals surface area contributed by atoms with Crippen LogP contribution in [0.15, 0.2) is 42.5 Å². The first-order valence-electron chi connectivity index (χ1n) is 8.38. The second-order valence-electron chi connectivity index (χ2n) is 6.20. The fourth-order valence-corrected chi connectivity index (χ4v) is 2.32. The van der Waals surface area contributed by atoms with Gasteiger partial charge in [-0.25, -0.2) is 0 Å². The summed E-state index contributed by atoms with van der Waals surface area (Å²) in [6.45, 7) is 6.02. The van der Waals surface area contributed by atoms with E-state index in [0.29, 0.717) is 12.2 Å². The molecule has 2 aromatic rings. The molecule has 0 radical (unpaired) electrons. The lowest BCUT2D eigenvalue weighted by molar-refractivity contribution is -0.119. The van der Waals surface area contributed by atoms with Crippen LogP contribution in [0.1, 0.15) is 41.8 Å². The molecule has 2 aromatic carbocycles. The van der Waals surface area contributed by atoms with Gasteiger partial charge in [0.1, 0.15) is 5.75 Å². The lowest BCUT2D eigenvalue weighted by atomic mass is 10.1. The molecule has 0 aromatic heterocycles. The number of aryl methyl sites for hydroxylation is 1. The molecule has 2 rings (SSSR count). The van der Waals surface area contributed by atoms with Crippen LogP contribution in [-0.4, -0.2) is 16.9 Å². The Morgan fingerprint density at radius 3 is 2.64 bits per heavy atom. The van der Waals surface area contributed by atoms with Gasteiger partial charge in [-0.05, 0) is 43.2 Å². The summed E-state index contributed by atoms with van der Waals surface area (Å²) >= 11 is 0. The van der Waals surface area contributed by atoms with E-state index < -0.39 is 0 Å². The summed E-state index contributed by atoms with van der Waals surface area (Å²) in [7, 11) is 0. The van der Waals surface area contributed by atoms with Crippen molar-refractivity contribution in [2.75, 3.05) is 5.32 Å². The van der Waals surface area contributed by atoms with Gasteiger partial charge >= 0.3 is 0 Å². The molecule has 0 fully saturated rings. The van der Waals surface area contributed by atoms with E-state index in [9.17, 15) is 14.7 Å². The van der Waals surface area contributed by atoms with Crippen LogP contribution in [-0.2, 0) is 11.3 Å². The smallest absolute Gasteiger partial charge is 0.255 e. The third-order valence-corrected chi connectivity index (χ3v) is 4.10. The van der Waals surface area contributed by atoms with Crippen LogP contribution in [0.4, 0.5) is 5.69 Å². The van der Waals surface area contributed by atoms with Crippen molar-refractivity contribution in [1.29, 1.82) is 0 Å². The maximum Gasteiger partial charge on any atom is 0.255 e. The fraction of sp³-hybridized carbons (Fsp3) is 0.300. The minimum atomic E-state index is -0.338. The number of rotatable bonds is 6. The minimum absolute atomic E-state index is 0.0200. The summed E-state index contributed by atoms with van der Waals surface area (Å²) in [4.78, 5) is 24.2. The first-order chi connectivity index (χ1) is 11.9. The zero-order valence-electron chi connectivity index (χ0n) is 14.8. The Hall–Kier alpha value is -2.82. The number of aromatic hydroxyl groups is 1. The highest BCUT2D eigenvalue weighted by Gasteiger charge is 2.12. The first-order valence-corrected chi connectivity index (χ1v) is 8.38. The minimum Gasteiger partial charge on any atom is -0.507 e. The van der Waals surface area contributed by atoms with Gasteiger partial charge in [-0.1, -0.05) is 37.6 Å². The summed E-state index contributed by atoms with van der Waals surface area (Å²) < 4.78 is 0. The summed E-state index contributed by atoms with van der Waals surface area (Å²) in [5.74, 6) is -0.450. The molecule has 0 bridgehead atoms. The number of carbonyl (C=O) groups is 2. The molecule has 5 heteroatoms. The molecule has 2 amide bonds. The average Bonchev–Trinajstić information content (AvgIpc) is 2.61. The number of phenols is 1. The molecule has 0 spiro atoms. The van der Waals surface area contributed by atoms with Gasteiger partial charge in [0.15, 0.2) is 0 Å². The molecular weight excluding hydrogens is 316 g/mol. The SMILES string of the molecule is CCC(C)C(=O)Nc1cccc(CNC(=O)c2cc(C)ccc2O)c1. The van der Waals surface area contributed by atoms with Gasteiger partial charge in [0.25, 0.3) is 5.91 Å². The maximum atomic E-state index is 12.2. The normalized spacial score (nSPS) is 11.6. The van der Waals surface area contributed by atoms with Crippen molar-refractivity contribution in [2.45, 2.75) is 33.7 Å². The van der Waals surface area contributed by atoms with E-state index in [1.54, 1.807) is 12.1 Å². The van der Waals surface area contributed by atoms with Crippen molar-refractivity contribution in [2.24, 2.45) is 5.92 Å². The first kappa shape index (κ1) is 18.5. The van der Waals surface area contributed by atoms with Crippen LogP contribution in [0, 0.1) is 12.8 Å². The Kier molecular flexibility index (Phi) is 6.17. The molecule has 0 aliphatic heterocycles. The van der Waals surface area contributed by atoms with Crippen molar-refractivity contribution >= 4 is 17.5 Å². The molecule has 3 N–H and O–H groups in total. The number of phenolic OH excluding ortho intramolecular Hbond substituents is 1. The molecule has 1 unspecified atom stereocenters. The van der Waals surface area contributed by atoms with E-state index in [1.165, 1.54) is 6.07 Å². The average molecular weight is 340 g/mol. The molecule has 0 aliphatic rings. The molecule has 0 aliphatic carbocycles. The highest BCUT2D eigenvalue weighted by atomic mass is 16.3. The summed E-state index contributed by atoms with van der Waals surface area (Å²) in [6.07, 6.45) is 0.779. The van der Waals surface area contributed by atoms with Crippen molar-refractivity contribution in [3.8, 4) is 5.75 Å². The van der Waals surface area contributed by atoms with Gasteiger partial charge in [-0.2, -0.15) is 0 Å². The van der Waals surface area contributed by atoms with Crippen LogP contribution in [0.5, 0.6) is 5.75 Å². The van der Waals surface area contributed by atoms with Crippen LogP contribution in [0.25, 0.3) is 0 Å². The summed E-state index contributed by atoms with van der Waals surface area (Å²) in [6, 6.07) is 12.3. The maximum absolute atomic E-state index is 12.2. The summed E-state index contributed by atoms with van der Waals surface area (Å²) in [5, 5.41) is 15.5. The van der Waals surface area contributed by atoms with E-state index in [0.717, 1.165) is 17.5 Å². The van der Waals surface area contributed by atoms with Crippen LogP contribution < -0.4 is 10.6 Å². The third kappa shape index (κ3) is 5.08. The Labute approximate surface area is 148 Å². The number of amides is 2. The monoisotopic (exact) mass is 340 g/mol. The standard InChI is InChI=1S/C20H24N2O3/c1-4-14(3)19(24)22-16-7-5-6-15(11-16)12-21-20(25)17-10-13(2)8-9-18(17)23/h5-11,14,23H,4,12H2,1-3H3,(H,21,25)(H,22,24). The largest absolute Gasteiger partial charge is 0.507 e. The quantitative estimate of drug-likeness (QED) is 0.751. The molecule has 0 heterocycles. The molecule has 5 nitrogen and oxygen atoms in total. The summed E-state index contributed by atoms with van der Waals surface area (Å²) in [5.41, 5.74) is 2.72. The number of anilines is 1. The third-order valence-electron chi connectivity index (χ3n) is 4.10. The number of nitrogens with one attached hydrogen (secondary N) is 2. The molecule has 25 heavy (non-hydrogen) atoms. The van der Waals surface area contributed by atoms with E-state index in [-0.39, 0.29) is 29.0 Å². The van der Waals surface area contributed by atoms with E-state index in [4.69, 9.17) is 0 Å². The Bertz CT molecular complexity index is 771. The molecule has 0 saturated carbocycles. The van der Waals surface area contributed by atoms with Gasteiger partial charge in [0, 0.05) is 18.2 Å². The highest BCUT2D eigenvalue weighted by molar-refractivity contribution is 5.97. The number of carbonyl (C=O) groups excluding carboxylic acids is 2.